The maximum Gasteiger partial charge on any atom is 0.234 e. The molecule has 0 aliphatic rings. The quantitative estimate of drug-likeness (QED) is 0.624. The number of carbonyl (C=O) groups excluding carboxylic acids is 1. The van der Waals surface area contributed by atoms with E-state index in [1.807, 2.05) is 31.0 Å². The number of nitrogens with one attached hydrogen (secondary N) is 1. The molecule has 0 aliphatic carbocycles. The second-order valence-electron chi connectivity index (χ2n) is 7.67. The Hall–Kier alpha value is -2.04. The maximum absolute atomic E-state index is 12.3. The van der Waals surface area contributed by atoms with Gasteiger partial charge in [-0.25, -0.2) is 0 Å². The van der Waals surface area contributed by atoms with E-state index in [1.165, 1.54) is 5.56 Å². The molecule has 1 amide bonds. The van der Waals surface area contributed by atoms with Gasteiger partial charge in [-0.15, -0.1) is 0 Å². The van der Waals surface area contributed by atoms with Crippen molar-refractivity contribution >= 4 is 17.5 Å². The highest BCUT2D eigenvalue weighted by Crippen LogP contribution is 2.16. The Labute approximate surface area is 173 Å². The van der Waals surface area contributed by atoms with Gasteiger partial charge in [0.1, 0.15) is 12.4 Å². The van der Waals surface area contributed by atoms with Crippen LogP contribution in [0.2, 0.25) is 5.02 Å². The molecular weight excluding hydrogens is 372 g/mol. The summed E-state index contributed by atoms with van der Waals surface area (Å²) < 4.78 is 5.67. The molecule has 0 radical (unpaired) electrons. The number of ether oxygens (including phenoxy) is 1. The first kappa shape index (κ1) is 22.3. The SMILES string of the molecule is CC(C)Cc1ccc([C@@H](C)NC(=O)CN(C)CCOc2ccc(Cl)cc2)cc1. The van der Waals surface area contributed by atoms with Crippen LogP contribution in [0.25, 0.3) is 0 Å². The van der Waals surface area contributed by atoms with Gasteiger partial charge in [-0.3, -0.25) is 9.69 Å². The lowest BCUT2D eigenvalue weighted by atomic mass is 10.00. The van der Waals surface area contributed by atoms with E-state index in [-0.39, 0.29) is 11.9 Å². The summed E-state index contributed by atoms with van der Waals surface area (Å²) in [5.41, 5.74) is 2.45. The molecule has 1 N–H and O–H groups in total. The molecule has 28 heavy (non-hydrogen) atoms. The average molecular weight is 403 g/mol. The summed E-state index contributed by atoms with van der Waals surface area (Å²) in [6, 6.07) is 15.8. The molecule has 0 aromatic heterocycles. The van der Waals surface area contributed by atoms with Crippen molar-refractivity contribution in [2.75, 3.05) is 26.7 Å². The highest BCUT2D eigenvalue weighted by Gasteiger charge is 2.12. The number of amides is 1. The molecule has 2 aromatic rings. The molecule has 2 aromatic carbocycles. The van der Waals surface area contributed by atoms with E-state index in [0.717, 1.165) is 17.7 Å². The zero-order valence-corrected chi connectivity index (χ0v) is 18.0. The van der Waals surface area contributed by atoms with Crippen LogP contribution in [0, 0.1) is 5.92 Å². The van der Waals surface area contributed by atoms with Crippen LogP contribution in [0.5, 0.6) is 5.75 Å². The van der Waals surface area contributed by atoms with Gasteiger partial charge in [0.05, 0.1) is 12.6 Å². The van der Waals surface area contributed by atoms with E-state index >= 15 is 0 Å². The van der Waals surface area contributed by atoms with Crippen molar-refractivity contribution in [2.45, 2.75) is 33.2 Å². The van der Waals surface area contributed by atoms with E-state index in [9.17, 15) is 4.79 Å². The molecule has 1 atom stereocenters. The van der Waals surface area contributed by atoms with Crippen LogP contribution < -0.4 is 10.1 Å². The molecule has 5 heteroatoms. The molecule has 0 saturated carbocycles. The van der Waals surface area contributed by atoms with E-state index in [0.29, 0.717) is 30.6 Å². The second kappa shape index (κ2) is 11.1. The van der Waals surface area contributed by atoms with Gasteiger partial charge in [0.2, 0.25) is 5.91 Å². The lowest BCUT2D eigenvalue weighted by Gasteiger charge is -2.19. The van der Waals surface area contributed by atoms with Gasteiger partial charge in [-0.2, -0.15) is 0 Å². The molecule has 2 rings (SSSR count). The molecule has 0 saturated heterocycles. The third-order valence-corrected chi connectivity index (χ3v) is 4.72. The number of rotatable bonds is 10. The summed E-state index contributed by atoms with van der Waals surface area (Å²) in [4.78, 5) is 14.3. The molecular formula is C23H31ClN2O2. The normalized spacial score (nSPS) is 12.2. The topological polar surface area (TPSA) is 41.6 Å². The molecule has 0 fully saturated rings. The highest BCUT2D eigenvalue weighted by molar-refractivity contribution is 6.30. The standard InChI is InChI=1S/C23H31ClN2O2/c1-17(2)15-19-5-7-20(8-6-19)18(3)25-23(27)16-26(4)13-14-28-22-11-9-21(24)10-12-22/h5-12,17-18H,13-16H2,1-4H3,(H,25,27)/t18-/m1/s1. The zero-order valence-electron chi connectivity index (χ0n) is 17.2. The monoisotopic (exact) mass is 402 g/mol. The minimum absolute atomic E-state index is 0.00718. The third kappa shape index (κ3) is 7.91. The molecule has 0 heterocycles. The van der Waals surface area contributed by atoms with Gasteiger partial charge >= 0.3 is 0 Å². The van der Waals surface area contributed by atoms with Gasteiger partial charge < -0.3 is 10.1 Å². The number of hydrogen-bond donors (Lipinski definition) is 1. The minimum Gasteiger partial charge on any atom is -0.492 e. The van der Waals surface area contributed by atoms with Crippen molar-refractivity contribution in [2.24, 2.45) is 5.92 Å². The number of likely N-dealkylation sites (N-methyl/N-ethyl adjacent to an activating group) is 1. The largest absolute Gasteiger partial charge is 0.492 e. The average Bonchev–Trinajstić information content (AvgIpc) is 2.63. The van der Waals surface area contributed by atoms with Gasteiger partial charge in [-0.1, -0.05) is 49.7 Å². The van der Waals surface area contributed by atoms with Crippen LogP contribution in [0.3, 0.4) is 0 Å². The van der Waals surface area contributed by atoms with Gasteiger partial charge in [-0.05, 0) is 61.7 Å². The number of hydrogen-bond acceptors (Lipinski definition) is 3. The van der Waals surface area contributed by atoms with Crippen molar-refractivity contribution in [3.63, 3.8) is 0 Å². The predicted molar refractivity (Wildman–Crippen MR) is 116 cm³/mol. The molecule has 152 valence electrons. The van der Waals surface area contributed by atoms with Crippen molar-refractivity contribution in [3.8, 4) is 5.75 Å². The summed E-state index contributed by atoms with van der Waals surface area (Å²) in [6.07, 6.45) is 1.07. The predicted octanol–water partition coefficient (Wildman–Crippen LogP) is 4.73. The first-order valence-corrected chi connectivity index (χ1v) is 10.2. The Morgan fingerprint density at radius 3 is 2.32 bits per heavy atom. The Kier molecular flexibility index (Phi) is 8.81. The third-order valence-electron chi connectivity index (χ3n) is 4.47. The lowest BCUT2D eigenvalue weighted by molar-refractivity contribution is -0.122. The van der Waals surface area contributed by atoms with Crippen molar-refractivity contribution < 1.29 is 9.53 Å². The smallest absolute Gasteiger partial charge is 0.234 e. The molecule has 0 aliphatic heterocycles. The second-order valence-corrected chi connectivity index (χ2v) is 8.11. The van der Waals surface area contributed by atoms with Gasteiger partial charge in [0.25, 0.3) is 0 Å². The Balaban J connectivity index is 1.72. The fourth-order valence-electron chi connectivity index (χ4n) is 2.96. The van der Waals surface area contributed by atoms with Crippen molar-refractivity contribution in [1.82, 2.24) is 10.2 Å². The summed E-state index contributed by atoms with van der Waals surface area (Å²) in [7, 11) is 1.91. The Morgan fingerprint density at radius 1 is 1.07 bits per heavy atom. The lowest BCUT2D eigenvalue weighted by Crippen LogP contribution is -2.38. The van der Waals surface area contributed by atoms with Crippen LogP contribution in [0.4, 0.5) is 0 Å². The number of halogens is 1. The minimum atomic E-state index is -0.0145. The molecule has 4 nitrogen and oxygen atoms in total. The number of carbonyl (C=O) groups is 1. The summed E-state index contributed by atoms with van der Waals surface area (Å²) in [5.74, 6) is 1.42. The Morgan fingerprint density at radius 2 is 1.71 bits per heavy atom. The first-order chi connectivity index (χ1) is 13.3. The summed E-state index contributed by atoms with van der Waals surface area (Å²) >= 11 is 5.86. The van der Waals surface area contributed by atoms with Crippen LogP contribution >= 0.6 is 11.6 Å². The van der Waals surface area contributed by atoms with Crippen molar-refractivity contribution in [3.05, 3.63) is 64.7 Å². The zero-order chi connectivity index (χ0) is 20.5. The van der Waals surface area contributed by atoms with Crippen LogP contribution in [-0.4, -0.2) is 37.6 Å². The van der Waals surface area contributed by atoms with E-state index < -0.39 is 0 Å². The Bertz CT molecular complexity index is 729. The van der Waals surface area contributed by atoms with Crippen LogP contribution in [0.1, 0.15) is 37.9 Å². The summed E-state index contributed by atoms with van der Waals surface area (Å²) in [5, 5.41) is 3.75. The van der Waals surface area contributed by atoms with E-state index in [1.54, 1.807) is 12.1 Å². The maximum atomic E-state index is 12.3. The fraction of sp³-hybridized carbons (Fsp3) is 0.435. The van der Waals surface area contributed by atoms with Crippen LogP contribution in [-0.2, 0) is 11.2 Å². The van der Waals surface area contributed by atoms with Crippen LogP contribution in [0.15, 0.2) is 48.5 Å². The summed E-state index contributed by atoms with van der Waals surface area (Å²) in [6.45, 7) is 7.95. The molecule has 0 unspecified atom stereocenters. The number of benzene rings is 2. The number of nitrogens with zero attached hydrogens (tertiary/aromatic N) is 1. The fourth-order valence-corrected chi connectivity index (χ4v) is 3.08. The van der Waals surface area contributed by atoms with E-state index in [4.69, 9.17) is 16.3 Å². The van der Waals surface area contributed by atoms with Gasteiger partial charge in [0.15, 0.2) is 0 Å². The van der Waals surface area contributed by atoms with Gasteiger partial charge in [0, 0.05) is 11.6 Å². The van der Waals surface area contributed by atoms with E-state index in [2.05, 4.69) is 43.4 Å². The van der Waals surface area contributed by atoms with Crippen molar-refractivity contribution in [1.29, 1.82) is 0 Å². The highest BCUT2D eigenvalue weighted by atomic mass is 35.5. The first-order valence-electron chi connectivity index (χ1n) is 9.78. The molecule has 0 spiro atoms. The molecule has 0 bridgehead atoms.